The maximum Gasteiger partial charge on any atom is 0.459 e. The Morgan fingerprint density at radius 1 is 1.00 bits per heavy atom. The van der Waals surface area contributed by atoms with Crippen LogP contribution in [-0.4, -0.2) is 15.3 Å². The standard InChI is InChI=1S/C13H8ClF5N2O2/c1-20-9(12(15,16)13(17,18)19)6-10(22)21(11(20)23)8-4-2-7(14)3-5-8/h2-6H,1H3. The van der Waals surface area contributed by atoms with Crippen molar-refractivity contribution in [2.45, 2.75) is 12.1 Å². The van der Waals surface area contributed by atoms with Gasteiger partial charge in [-0.15, -0.1) is 0 Å². The van der Waals surface area contributed by atoms with Gasteiger partial charge >= 0.3 is 17.8 Å². The first-order valence-corrected chi connectivity index (χ1v) is 6.38. The summed E-state index contributed by atoms with van der Waals surface area (Å²) in [7, 11) is 0.725. The normalized spacial score (nSPS) is 12.5. The average Bonchev–Trinajstić information content (AvgIpc) is 2.43. The molecule has 0 N–H and O–H groups in total. The molecule has 2 aromatic rings. The first-order valence-electron chi connectivity index (χ1n) is 6.01. The van der Waals surface area contributed by atoms with E-state index in [4.69, 9.17) is 11.6 Å². The van der Waals surface area contributed by atoms with Crippen molar-refractivity contribution in [2.75, 3.05) is 0 Å². The van der Waals surface area contributed by atoms with Crippen molar-refractivity contribution in [3.05, 3.63) is 61.9 Å². The number of alkyl halides is 5. The fourth-order valence-corrected chi connectivity index (χ4v) is 2.03. The molecule has 0 aliphatic heterocycles. The molecule has 0 saturated heterocycles. The Hall–Kier alpha value is -2.16. The number of hydrogen-bond acceptors (Lipinski definition) is 2. The number of halogens is 6. The lowest BCUT2D eigenvalue weighted by atomic mass is 10.2. The molecule has 0 amide bonds. The molecule has 1 aromatic carbocycles. The molecule has 1 heterocycles. The van der Waals surface area contributed by atoms with Gasteiger partial charge in [0.2, 0.25) is 0 Å². The molecule has 0 radical (unpaired) electrons. The molecule has 0 spiro atoms. The van der Waals surface area contributed by atoms with Gasteiger partial charge in [-0.05, 0) is 24.3 Å². The van der Waals surface area contributed by atoms with Crippen LogP contribution >= 0.6 is 11.6 Å². The Balaban J connectivity index is 2.74. The molecule has 1 aromatic heterocycles. The second-order valence-corrected chi connectivity index (χ2v) is 5.03. The van der Waals surface area contributed by atoms with Crippen molar-refractivity contribution < 1.29 is 22.0 Å². The van der Waals surface area contributed by atoms with E-state index >= 15 is 0 Å². The number of benzene rings is 1. The van der Waals surface area contributed by atoms with E-state index in [1.807, 2.05) is 0 Å². The van der Waals surface area contributed by atoms with Gasteiger partial charge in [0.15, 0.2) is 0 Å². The van der Waals surface area contributed by atoms with E-state index in [0.717, 1.165) is 7.05 Å². The molecule has 0 atom stereocenters. The topological polar surface area (TPSA) is 44.0 Å². The van der Waals surface area contributed by atoms with Crippen LogP contribution in [0.4, 0.5) is 22.0 Å². The van der Waals surface area contributed by atoms with Gasteiger partial charge in [-0.2, -0.15) is 22.0 Å². The lowest BCUT2D eigenvalue weighted by molar-refractivity contribution is -0.292. The zero-order valence-corrected chi connectivity index (χ0v) is 12.1. The molecule has 0 bridgehead atoms. The highest BCUT2D eigenvalue weighted by Gasteiger charge is 2.60. The van der Waals surface area contributed by atoms with Crippen LogP contribution in [0.2, 0.25) is 5.02 Å². The van der Waals surface area contributed by atoms with Crippen LogP contribution < -0.4 is 11.2 Å². The molecule has 2 rings (SSSR count). The van der Waals surface area contributed by atoms with Crippen LogP contribution in [0.1, 0.15) is 5.69 Å². The number of nitrogens with zero attached hydrogens (tertiary/aromatic N) is 2. The van der Waals surface area contributed by atoms with Crippen LogP contribution in [0.15, 0.2) is 39.9 Å². The molecular formula is C13H8ClF5N2O2. The van der Waals surface area contributed by atoms with Gasteiger partial charge in [-0.25, -0.2) is 9.36 Å². The van der Waals surface area contributed by atoms with Crippen LogP contribution in [0.5, 0.6) is 0 Å². The van der Waals surface area contributed by atoms with Crippen molar-refractivity contribution in [3.63, 3.8) is 0 Å². The number of aromatic nitrogens is 2. The summed E-state index contributed by atoms with van der Waals surface area (Å²) >= 11 is 5.65. The largest absolute Gasteiger partial charge is 0.459 e. The summed E-state index contributed by atoms with van der Waals surface area (Å²) in [5.74, 6) is -5.33. The van der Waals surface area contributed by atoms with Crippen molar-refractivity contribution in [1.82, 2.24) is 9.13 Å². The quantitative estimate of drug-likeness (QED) is 0.778. The van der Waals surface area contributed by atoms with Crippen molar-refractivity contribution in [3.8, 4) is 5.69 Å². The van der Waals surface area contributed by atoms with Crippen molar-refractivity contribution in [2.24, 2.45) is 7.05 Å². The molecule has 0 unspecified atom stereocenters. The summed E-state index contributed by atoms with van der Waals surface area (Å²) in [4.78, 5) is 23.9. The monoisotopic (exact) mass is 354 g/mol. The van der Waals surface area contributed by atoms with Crippen LogP contribution in [0.25, 0.3) is 5.69 Å². The van der Waals surface area contributed by atoms with Gasteiger partial charge in [-0.1, -0.05) is 11.6 Å². The van der Waals surface area contributed by atoms with Crippen LogP contribution in [-0.2, 0) is 13.0 Å². The predicted octanol–water partition coefficient (Wildman–Crippen LogP) is 2.84. The maximum absolute atomic E-state index is 13.4. The maximum atomic E-state index is 13.4. The van der Waals surface area contributed by atoms with Gasteiger partial charge in [-0.3, -0.25) is 9.36 Å². The zero-order chi connectivity index (χ0) is 17.6. The van der Waals surface area contributed by atoms with E-state index in [1.165, 1.54) is 24.3 Å². The first-order chi connectivity index (χ1) is 10.5. The summed E-state index contributed by atoms with van der Waals surface area (Å²) in [5.41, 5.74) is -4.39. The Morgan fingerprint density at radius 3 is 2.00 bits per heavy atom. The lowest BCUT2D eigenvalue weighted by Gasteiger charge is -2.22. The van der Waals surface area contributed by atoms with Gasteiger partial charge in [0.05, 0.1) is 5.69 Å². The Bertz CT molecular complexity index is 853. The minimum atomic E-state index is -5.93. The minimum absolute atomic E-state index is 0.0122. The van der Waals surface area contributed by atoms with Gasteiger partial charge in [0, 0.05) is 18.1 Å². The third-order valence-electron chi connectivity index (χ3n) is 3.08. The summed E-state index contributed by atoms with van der Waals surface area (Å²) in [6.07, 6.45) is -5.93. The summed E-state index contributed by atoms with van der Waals surface area (Å²) in [6, 6.07) is 5.27. The molecule has 4 nitrogen and oxygen atoms in total. The van der Waals surface area contributed by atoms with E-state index in [-0.39, 0.29) is 16.3 Å². The summed E-state index contributed by atoms with van der Waals surface area (Å²) in [6.45, 7) is 0. The number of rotatable bonds is 2. The van der Waals surface area contributed by atoms with E-state index < -0.39 is 29.0 Å². The Kier molecular flexibility index (Phi) is 4.10. The van der Waals surface area contributed by atoms with Gasteiger partial charge in [0.1, 0.15) is 5.69 Å². The van der Waals surface area contributed by atoms with Gasteiger partial charge in [0.25, 0.3) is 5.56 Å². The molecule has 0 fully saturated rings. The van der Waals surface area contributed by atoms with E-state index in [1.54, 1.807) is 0 Å². The van der Waals surface area contributed by atoms with Gasteiger partial charge < -0.3 is 0 Å². The zero-order valence-electron chi connectivity index (χ0n) is 11.4. The predicted molar refractivity (Wildman–Crippen MR) is 72.2 cm³/mol. The molecule has 0 aliphatic rings. The van der Waals surface area contributed by atoms with Crippen LogP contribution in [0.3, 0.4) is 0 Å². The Morgan fingerprint density at radius 2 is 1.52 bits per heavy atom. The average molecular weight is 355 g/mol. The fourth-order valence-electron chi connectivity index (χ4n) is 1.90. The van der Waals surface area contributed by atoms with Crippen LogP contribution in [0, 0.1) is 0 Å². The van der Waals surface area contributed by atoms with E-state index in [9.17, 15) is 31.5 Å². The summed E-state index contributed by atoms with van der Waals surface area (Å²) < 4.78 is 64.7. The molecule has 124 valence electrons. The van der Waals surface area contributed by atoms with E-state index in [2.05, 4.69) is 0 Å². The minimum Gasteiger partial charge on any atom is -0.294 e. The molecular weight excluding hydrogens is 347 g/mol. The number of hydrogen-bond donors (Lipinski definition) is 0. The molecule has 0 saturated carbocycles. The third kappa shape index (κ3) is 2.88. The first kappa shape index (κ1) is 17.2. The second kappa shape index (κ2) is 5.48. The molecule has 23 heavy (non-hydrogen) atoms. The third-order valence-corrected chi connectivity index (χ3v) is 3.33. The smallest absolute Gasteiger partial charge is 0.294 e. The highest BCUT2D eigenvalue weighted by atomic mass is 35.5. The van der Waals surface area contributed by atoms with Crippen molar-refractivity contribution in [1.29, 1.82) is 0 Å². The molecule has 0 aliphatic carbocycles. The second-order valence-electron chi connectivity index (χ2n) is 4.59. The fraction of sp³-hybridized carbons (Fsp3) is 0.231. The highest BCUT2D eigenvalue weighted by Crippen LogP contribution is 2.42. The summed E-state index contributed by atoms with van der Waals surface area (Å²) in [5, 5.41) is 0.291. The highest BCUT2D eigenvalue weighted by molar-refractivity contribution is 6.30. The van der Waals surface area contributed by atoms with E-state index in [0.29, 0.717) is 9.59 Å². The Labute approximate surface area is 130 Å². The molecule has 10 heteroatoms. The van der Waals surface area contributed by atoms with Crippen molar-refractivity contribution >= 4 is 11.6 Å². The lowest BCUT2D eigenvalue weighted by Crippen LogP contribution is -2.45. The SMILES string of the molecule is Cn1c(C(F)(F)C(F)(F)F)cc(=O)n(-c2ccc(Cl)cc2)c1=O.